The van der Waals surface area contributed by atoms with Crippen LogP contribution in [0.2, 0.25) is 0 Å². The smallest absolute Gasteiger partial charge is 0.320 e. The number of rotatable bonds is 4. The number of amides is 2. The first kappa shape index (κ1) is 20.6. The molecule has 0 saturated carbocycles. The van der Waals surface area contributed by atoms with Crippen LogP contribution in [0.5, 0.6) is 0 Å². The van der Waals surface area contributed by atoms with Crippen LogP contribution in [-0.2, 0) is 9.59 Å². The molecule has 0 bridgehead atoms. The molecule has 0 radical (unpaired) electrons. The van der Waals surface area contributed by atoms with Crippen LogP contribution in [0, 0.1) is 41.5 Å². The minimum absolute atomic E-state index is 0.292. The first-order valence-electron chi connectivity index (χ1n) is 8.60. The molecule has 2 N–H and O–H groups in total. The second kappa shape index (κ2) is 7.47. The molecule has 0 heterocycles. The Morgan fingerprint density at radius 3 is 1.19 bits per heavy atom. The highest BCUT2D eigenvalue weighted by molar-refractivity contribution is 6.16. The minimum atomic E-state index is -4.21. The van der Waals surface area contributed by atoms with E-state index in [1.54, 1.807) is 52.0 Å². The minimum Gasteiger partial charge on any atom is -0.320 e. The van der Waals surface area contributed by atoms with E-state index >= 15 is 0 Å². The number of benzene rings is 2. The van der Waals surface area contributed by atoms with Crippen molar-refractivity contribution in [2.75, 3.05) is 10.6 Å². The second-order valence-electron chi connectivity index (χ2n) is 7.03. The summed E-state index contributed by atoms with van der Waals surface area (Å²) in [6.45, 7) is 10.6. The fourth-order valence-electron chi connectivity index (χ4n) is 3.24. The van der Waals surface area contributed by atoms with Gasteiger partial charge in [0.25, 0.3) is 0 Å². The van der Waals surface area contributed by atoms with Crippen LogP contribution >= 0.6 is 0 Å². The van der Waals surface area contributed by atoms with Crippen molar-refractivity contribution < 1.29 is 18.4 Å². The van der Waals surface area contributed by atoms with Crippen LogP contribution in [0.1, 0.15) is 33.4 Å². The average Bonchev–Trinajstić information content (AvgIpc) is 2.53. The average molecular weight is 374 g/mol. The van der Waals surface area contributed by atoms with E-state index in [0.717, 1.165) is 11.1 Å². The standard InChI is InChI=1S/C21H24F2N2O2/c1-11-7-13(3)17(14(4)8-11)24-19(26)21(22,23)20(27)25-18-15(5)9-12(2)10-16(18)6/h7-10H,1-6H3,(H,24,26)(H,25,27). The Morgan fingerprint density at radius 2 is 0.926 bits per heavy atom. The van der Waals surface area contributed by atoms with E-state index in [9.17, 15) is 18.4 Å². The van der Waals surface area contributed by atoms with Crippen molar-refractivity contribution in [1.29, 1.82) is 0 Å². The molecule has 0 aliphatic carbocycles. The molecule has 144 valence electrons. The van der Waals surface area contributed by atoms with Crippen LogP contribution in [0.3, 0.4) is 0 Å². The highest BCUT2D eigenvalue weighted by Gasteiger charge is 2.48. The number of anilines is 2. The maximum absolute atomic E-state index is 14.4. The fourth-order valence-corrected chi connectivity index (χ4v) is 3.24. The van der Waals surface area contributed by atoms with Gasteiger partial charge in [-0.2, -0.15) is 8.78 Å². The van der Waals surface area contributed by atoms with Gasteiger partial charge in [-0.05, 0) is 63.8 Å². The topological polar surface area (TPSA) is 58.2 Å². The molecule has 4 nitrogen and oxygen atoms in total. The molecule has 0 aromatic heterocycles. The van der Waals surface area contributed by atoms with Crippen LogP contribution in [0.15, 0.2) is 24.3 Å². The molecular formula is C21H24F2N2O2. The number of aryl methyl sites for hydroxylation is 6. The Hall–Kier alpha value is -2.76. The molecule has 0 unspecified atom stereocenters. The van der Waals surface area contributed by atoms with Crippen LogP contribution in [0.4, 0.5) is 20.2 Å². The number of halogens is 2. The van der Waals surface area contributed by atoms with E-state index in [1.165, 1.54) is 0 Å². The predicted octanol–water partition coefficient (Wildman–Crippen LogP) is 4.75. The Morgan fingerprint density at radius 1 is 0.667 bits per heavy atom. The summed E-state index contributed by atoms with van der Waals surface area (Å²) in [6, 6.07) is 7.11. The van der Waals surface area contributed by atoms with Crippen molar-refractivity contribution in [3.8, 4) is 0 Å². The van der Waals surface area contributed by atoms with E-state index in [4.69, 9.17) is 0 Å². The van der Waals surface area contributed by atoms with E-state index in [1.807, 2.05) is 13.8 Å². The van der Waals surface area contributed by atoms with Gasteiger partial charge in [-0.3, -0.25) is 9.59 Å². The number of carbonyl (C=O) groups is 2. The third-order valence-corrected chi connectivity index (χ3v) is 4.40. The molecule has 2 aromatic carbocycles. The number of carbonyl (C=O) groups excluding carboxylic acids is 2. The van der Waals surface area contributed by atoms with E-state index in [2.05, 4.69) is 10.6 Å². The summed E-state index contributed by atoms with van der Waals surface area (Å²) in [6.07, 6.45) is 0. The zero-order valence-corrected chi connectivity index (χ0v) is 16.4. The predicted molar refractivity (Wildman–Crippen MR) is 104 cm³/mol. The SMILES string of the molecule is Cc1cc(C)c(NC(=O)C(F)(F)C(=O)Nc2c(C)cc(C)cc2C)c(C)c1. The summed E-state index contributed by atoms with van der Waals surface area (Å²) < 4.78 is 28.9. The lowest BCUT2D eigenvalue weighted by atomic mass is 10.0. The van der Waals surface area contributed by atoms with E-state index < -0.39 is 17.7 Å². The molecular weight excluding hydrogens is 350 g/mol. The quantitative estimate of drug-likeness (QED) is 0.759. The zero-order valence-electron chi connectivity index (χ0n) is 16.4. The highest BCUT2D eigenvalue weighted by atomic mass is 19.3. The normalized spacial score (nSPS) is 11.3. The van der Waals surface area contributed by atoms with Gasteiger partial charge in [-0.25, -0.2) is 0 Å². The van der Waals surface area contributed by atoms with Crippen molar-refractivity contribution in [1.82, 2.24) is 0 Å². The number of nitrogens with one attached hydrogen (secondary N) is 2. The van der Waals surface area contributed by atoms with Gasteiger partial charge in [0.15, 0.2) is 0 Å². The van der Waals surface area contributed by atoms with Crippen LogP contribution < -0.4 is 10.6 Å². The van der Waals surface area contributed by atoms with Crippen molar-refractivity contribution in [2.24, 2.45) is 0 Å². The fraction of sp³-hybridized carbons (Fsp3) is 0.333. The van der Waals surface area contributed by atoms with Crippen LogP contribution in [-0.4, -0.2) is 17.7 Å². The van der Waals surface area contributed by atoms with Gasteiger partial charge in [-0.1, -0.05) is 35.4 Å². The molecule has 0 aliphatic rings. The van der Waals surface area contributed by atoms with Crippen molar-refractivity contribution in [3.63, 3.8) is 0 Å². The largest absolute Gasteiger partial charge is 0.401 e. The Bertz CT molecular complexity index is 801. The summed E-state index contributed by atoms with van der Waals surface area (Å²) in [5.74, 6) is -7.52. The third-order valence-electron chi connectivity index (χ3n) is 4.40. The maximum Gasteiger partial charge on any atom is 0.401 e. The molecule has 2 amide bonds. The monoisotopic (exact) mass is 374 g/mol. The number of hydrogen-bond donors (Lipinski definition) is 2. The number of hydrogen-bond acceptors (Lipinski definition) is 2. The summed E-state index contributed by atoms with van der Waals surface area (Å²) in [5, 5.41) is 4.40. The van der Waals surface area contributed by atoms with Gasteiger partial charge in [0.1, 0.15) is 0 Å². The van der Waals surface area contributed by atoms with Crippen molar-refractivity contribution in [3.05, 3.63) is 57.6 Å². The lowest BCUT2D eigenvalue weighted by Crippen LogP contribution is -2.45. The summed E-state index contributed by atoms with van der Waals surface area (Å²) in [7, 11) is 0. The maximum atomic E-state index is 14.4. The summed E-state index contributed by atoms with van der Waals surface area (Å²) >= 11 is 0. The van der Waals surface area contributed by atoms with Crippen molar-refractivity contribution >= 4 is 23.2 Å². The lowest BCUT2D eigenvalue weighted by Gasteiger charge is -2.20. The van der Waals surface area contributed by atoms with Gasteiger partial charge < -0.3 is 10.6 Å². The van der Waals surface area contributed by atoms with E-state index in [-0.39, 0.29) is 0 Å². The van der Waals surface area contributed by atoms with Gasteiger partial charge >= 0.3 is 17.7 Å². The molecule has 0 fully saturated rings. The third kappa shape index (κ3) is 4.32. The Labute approximate surface area is 158 Å². The summed E-state index contributed by atoms with van der Waals surface area (Å²) in [4.78, 5) is 24.3. The van der Waals surface area contributed by atoms with Gasteiger partial charge in [0.05, 0.1) is 0 Å². The Kier molecular flexibility index (Phi) is 5.68. The molecule has 0 saturated heterocycles. The summed E-state index contributed by atoms with van der Waals surface area (Å²) in [5.41, 5.74) is 5.12. The molecule has 6 heteroatoms. The molecule has 0 spiro atoms. The lowest BCUT2D eigenvalue weighted by molar-refractivity contribution is -0.152. The molecule has 0 aliphatic heterocycles. The molecule has 2 aromatic rings. The van der Waals surface area contributed by atoms with E-state index in [0.29, 0.717) is 33.6 Å². The van der Waals surface area contributed by atoms with Crippen molar-refractivity contribution in [2.45, 2.75) is 47.5 Å². The molecule has 27 heavy (non-hydrogen) atoms. The molecule has 2 rings (SSSR count). The second-order valence-corrected chi connectivity index (χ2v) is 7.03. The highest BCUT2D eigenvalue weighted by Crippen LogP contribution is 2.27. The first-order chi connectivity index (χ1) is 12.4. The number of alkyl halides is 2. The van der Waals surface area contributed by atoms with Crippen LogP contribution in [0.25, 0.3) is 0 Å². The zero-order chi connectivity index (χ0) is 20.5. The first-order valence-corrected chi connectivity index (χ1v) is 8.60. The van der Waals surface area contributed by atoms with Gasteiger partial charge in [0.2, 0.25) is 0 Å². The Balaban J connectivity index is 2.25. The molecule has 0 atom stereocenters. The van der Waals surface area contributed by atoms with Gasteiger partial charge in [-0.15, -0.1) is 0 Å². The van der Waals surface area contributed by atoms with Gasteiger partial charge in [0, 0.05) is 11.4 Å².